The second kappa shape index (κ2) is 4.28. The van der Waals surface area contributed by atoms with Gasteiger partial charge in [-0.2, -0.15) is 0 Å². The molecule has 0 N–H and O–H groups in total. The maximum absolute atomic E-state index is 10.6. The van der Waals surface area contributed by atoms with Gasteiger partial charge in [0.2, 0.25) is 0 Å². The van der Waals surface area contributed by atoms with Crippen LogP contribution in [0.25, 0.3) is 0 Å². The Hall–Kier alpha value is -0.570. The number of ether oxygens (including phenoxy) is 1. The Balaban J connectivity index is 3.72. The SMILES string of the molecule is CC(=O)OC(C)C(=O)CCl. The summed E-state index contributed by atoms with van der Waals surface area (Å²) in [6.45, 7) is 2.74. The number of hydrogen-bond donors (Lipinski definition) is 0. The lowest BCUT2D eigenvalue weighted by Gasteiger charge is -2.07. The van der Waals surface area contributed by atoms with E-state index in [-0.39, 0.29) is 11.7 Å². The van der Waals surface area contributed by atoms with Crippen molar-refractivity contribution in [2.45, 2.75) is 20.0 Å². The molecule has 0 heterocycles. The Kier molecular flexibility index (Phi) is 4.03. The number of Topliss-reactive ketones (excluding diaryl/α,β-unsaturated/α-hetero) is 1. The van der Waals surface area contributed by atoms with Gasteiger partial charge in [-0.25, -0.2) is 0 Å². The van der Waals surface area contributed by atoms with Gasteiger partial charge in [-0.1, -0.05) is 0 Å². The average molecular weight is 165 g/mol. The van der Waals surface area contributed by atoms with Crippen molar-refractivity contribution in [3.8, 4) is 0 Å². The van der Waals surface area contributed by atoms with Gasteiger partial charge in [0.15, 0.2) is 11.9 Å². The Morgan fingerprint density at radius 2 is 2.10 bits per heavy atom. The maximum Gasteiger partial charge on any atom is 0.303 e. The molecule has 0 aliphatic rings. The summed E-state index contributed by atoms with van der Waals surface area (Å²) in [6, 6.07) is 0. The van der Waals surface area contributed by atoms with E-state index in [2.05, 4.69) is 4.74 Å². The molecule has 58 valence electrons. The lowest BCUT2D eigenvalue weighted by atomic mass is 10.3. The van der Waals surface area contributed by atoms with E-state index in [1.807, 2.05) is 0 Å². The van der Waals surface area contributed by atoms with Gasteiger partial charge < -0.3 is 4.74 Å². The van der Waals surface area contributed by atoms with Crippen molar-refractivity contribution >= 4 is 23.4 Å². The highest BCUT2D eigenvalue weighted by Gasteiger charge is 2.13. The minimum atomic E-state index is -0.713. The van der Waals surface area contributed by atoms with E-state index in [0.29, 0.717) is 0 Å². The number of halogens is 1. The van der Waals surface area contributed by atoms with Crippen LogP contribution < -0.4 is 0 Å². The van der Waals surface area contributed by atoms with Gasteiger partial charge in [-0.3, -0.25) is 9.59 Å². The smallest absolute Gasteiger partial charge is 0.303 e. The van der Waals surface area contributed by atoms with E-state index in [4.69, 9.17) is 11.6 Å². The molecule has 10 heavy (non-hydrogen) atoms. The third-order valence-corrected chi connectivity index (χ3v) is 1.19. The summed E-state index contributed by atoms with van der Waals surface area (Å²) >= 11 is 5.19. The van der Waals surface area contributed by atoms with Gasteiger partial charge in [-0.05, 0) is 6.92 Å². The highest BCUT2D eigenvalue weighted by molar-refractivity contribution is 6.28. The Labute approximate surface area is 64.3 Å². The van der Waals surface area contributed by atoms with Gasteiger partial charge in [0.1, 0.15) is 0 Å². The topological polar surface area (TPSA) is 43.4 Å². The molecule has 0 aromatic carbocycles. The minimum absolute atomic E-state index is 0.117. The van der Waals surface area contributed by atoms with Gasteiger partial charge >= 0.3 is 5.97 Å². The number of rotatable bonds is 3. The molecule has 0 saturated carbocycles. The third-order valence-electron chi connectivity index (χ3n) is 0.928. The van der Waals surface area contributed by atoms with Crippen LogP contribution in [0.1, 0.15) is 13.8 Å². The molecule has 0 aliphatic heterocycles. The van der Waals surface area contributed by atoms with Crippen LogP contribution in [0.3, 0.4) is 0 Å². The molecule has 0 radical (unpaired) electrons. The number of ketones is 1. The second-order valence-electron chi connectivity index (χ2n) is 1.85. The van der Waals surface area contributed by atoms with E-state index in [1.54, 1.807) is 0 Å². The molecule has 4 heteroatoms. The fraction of sp³-hybridized carbons (Fsp3) is 0.667. The number of esters is 1. The number of hydrogen-bond acceptors (Lipinski definition) is 3. The van der Waals surface area contributed by atoms with E-state index < -0.39 is 12.1 Å². The summed E-state index contributed by atoms with van der Waals surface area (Å²) in [5.74, 6) is -0.864. The summed E-state index contributed by atoms with van der Waals surface area (Å²) in [5, 5.41) is 0. The highest BCUT2D eigenvalue weighted by atomic mass is 35.5. The van der Waals surface area contributed by atoms with Crippen LogP contribution in [-0.2, 0) is 14.3 Å². The summed E-state index contributed by atoms with van der Waals surface area (Å²) in [5.41, 5.74) is 0. The number of carbonyl (C=O) groups is 2. The summed E-state index contributed by atoms with van der Waals surface area (Å²) in [7, 11) is 0. The molecular weight excluding hydrogens is 156 g/mol. The van der Waals surface area contributed by atoms with Crippen molar-refractivity contribution in [1.82, 2.24) is 0 Å². The molecule has 0 amide bonds. The number of carbonyl (C=O) groups excluding carboxylic acids is 2. The van der Waals surface area contributed by atoms with Crippen LogP contribution in [-0.4, -0.2) is 23.7 Å². The molecular formula is C6H9ClO3. The predicted octanol–water partition coefficient (Wildman–Crippen LogP) is 0.746. The Bertz CT molecular complexity index is 144. The number of alkyl halides is 1. The fourth-order valence-electron chi connectivity index (χ4n) is 0.423. The van der Waals surface area contributed by atoms with Crippen LogP contribution in [0.5, 0.6) is 0 Å². The van der Waals surface area contributed by atoms with Crippen molar-refractivity contribution < 1.29 is 14.3 Å². The van der Waals surface area contributed by atoms with E-state index in [9.17, 15) is 9.59 Å². The van der Waals surface area contributed by atoms with Crippen molar-refractivity contribution in [2.24, 2.45) is 0 Å². The maximum atomic E-state index is 10.6. The summed E-state index contributed by atoms with van der Waals surface area (Å²) < 4.78 is 4.53. The monoisotopic (exact) mass is 164 g/mol. The first kappa shape index (κ1) is 9.43. The molecule has 1 atom stereocenters. The van der Waals surface area contributed by atoms with Crippen LogP contribution >= 0.6 is 11.6 Å². The molecule has 0 bridgehead atoms. The molecule has 0 rings (SSSR count). The van der Waals surface area contributed by atoms with Crippen LogP contribution in [0.4, 0.5) is 0 Å². The molecule has 0 saturated heterocycles. The Morgan fingerprint density at radius 3 is 2.40 bits per heavy atom. The Morgan fingerprint density at radius 1 is 1.60 bits per heavy atom. The zero-order chi connectivity index (χ0) is 8.15. The van der Waals surface area contributed by atoms with Crippen molar-refractivity contribution in [3.05, 3.63) is 0 Å². The molecule has 0 aromatic rings. The molecule has 0 fully saturated rings. The van der Waals surface area contributed by atoms with Gasteiger partial charge in [0.05, 0.1) is 5.88 Å². The fourth-order valence-corrected chi connectivity index (χ4v) is 0.641. The molecule has 0 aliphatic carbocycles. The predicted molar refractivity (Wildman–Crippen MR) is 37.0 cm³/mol. The van der Waals surface area contributed by atoms with E-state index >= 15 is 0 Å². The standard InChI is InChI=1S/C6H9ClO3/c1-4(6(9)3-7)10-5(2)8/h4H,3H2,1-2H3. The average Bonchev–Trinajstić information content (AvgIpc) is 1.85. The molecule has 3 nitrogen and oxygen atoms in total. The first-order valence-electron chi connectivity index (χ1n) is 2.83. The molecule has 0 aromatic heterocycles. The normalized spacial score (nSPS) is 12.3. The first-order chi connectivity index (χ1) is 4.57. The lowest BCUT2D eigenvalue weighted by molar-refractivity contribution is -0.151. The zero-order valence-corrected chi connectivity index (χ0v) is 6.64. The first-order valence-corrected chi connectivity index (χ1v) is 3.37. The molecule has 1 unspecified atom stereocenters. The lowest BCUT2D eigenvalue weighted by Crippen LogP contribution is -2.23. The van der Waals surface area contributed by atoms with Crippen LogP contribution in [0, 0.1) is 0 Å². The molecule has 0 spiro atoms. The van der Waals surface area contributed by atoms with Gasteiger partial charge in [-0.15, -0.1) is 11.6 Å². The van der Waals surface area contributed by atoms with Crippen LogP contribution in [0.15, 0.2) is 0 Å². The second-order valence-corrected chi connectivity index (χ2v) is 2.12. The van der Waals surface area contributed by atoms with Crippen LogP contribution in [0.2, 0.25) is 0 Å². The minimum Gasteiger partial charge on any atom is -0.455 e. The largest absolute Gasteiger partial charge is 0.455 e. The summed E-state index contributed by atoms with van der Waals surface area (Å²) in [4.78, 5) is 20.9. The summed E-state index contributed by atoms with van der Waals surface area (Å²) in [6.07, 6.45) is -0.713. The quantitative estimate of drug-likeness (QED) is 0.457. The van der Waals surface area contributed by atoms with Crippen molar-refractivity contribution in [1.29, 1.82) is 0 Å². The highest BCUT2D eigenvalue weighted by Crippen LogP contribution is 1.94. The van der Waals surface area contributed by atoms with E-state index in [0.717, 1.165) is 0 Å². The third kappa shape index (κ3) is 3.45. The van der Waals surface area contributed by atoms with Gasteiger partial charge in [0, 0.05) is 6.92 Å². The van der Waals surface area contributed by atoms with E-state index in [1.165, 1.54) is 13.8 Å². The van der Waals surface area contributed by atoms with Gasteiger partial charge in [0.25, 0.3) is 0 Å². The zero-order valence-electron chi connectivity index (χ0n) is 5.89. The van der Waals surface area contributed by atoms with Crippen molar-refractivity contribution in [2.75, 3.05) is 5.88 Å². The van der Waals surface area contributed by atoms with Crippen molar-refractivity contribution in [3.63, 3.8) is 0 Å².